The second kappa shape index (κ2) is 7.17. The maximum Gasteiger partial charge on any atom is 0.408 e. The van der Waals surface area contributed by atoms with E-state index in [1.54, 1.807) is 0 Å². The molecule has 0 saturated heterocycles. The third-order valence-electron chi connectivity index (χ3n) is 3.15. The molecule has 23 heavy (non-hydrogen) atoms. The summed E-state index contributed by atoms with van der Waals surface area (Å²) in [5.41, 5.74) is 1.49. The lowest BCUT2D eigenvalue weighted by Crippen LogP contribution is -2.36. The van der Waals surface area contributed by atoms with E-state index in [1.165, 1.54) is 0 Å². The quantitative estimate of drug-likeness (QED) is 0.832. The van der Waals surface area contributed by atoms with Gasteiger partial charge in [-0.25, -0.2) is 9.78 Å². The summed E-state index contributed by atoms with van der Waals surface area (Å²) in [7, 11) is 0. The van der Waals surface area contributed by atoms with Gasteiger partial charge in [0.15, 0.2) is 0 Å². The molecule has 0 bridgehead atoms. The third kappa shape index (κ3) is 5.39. The van der Waals surface area contributed by atoms with Crippen LogP contribution >= 0.6 is 15.9 Å². The fourth-order valence-corrected chi connectivity index (χ4v) is 2.43. The zero-order valence-corrected chi connectivity index (χ0v) is 15.4. The number of nitrogens with one attached hydrogen (secondary N) is 2. The van der Waals surface area contributed by atoms with Gasteiger partial charge in [-0.2, -0.15) is 0 Å². The molecule has 124 valence electrons. The smallest absolute Gasteiger partial charge is 0.408 e. The number of aryl methyl sites for hydroxylation is 1. The largest absolute Gasteiger partial charge is 0.444 e. The number of ether oxygens (including phenoxy) is 1. The first-order valence-electron chi connectivity index (χ1n) is 7.50. The second-order valence-electron chi connectivity index (χ2n) is 6.43. The van der Waals surface area contributed by atoms with Gasteiger partial charge < -0.3 is 15.0 Å². The summed E-state index contributed by atoms with van der Waals surface area (Å²) in [5, 5.41) is 2.90. The van der Waals surface area contributed by atoms with Crippen molar-refractivity contribution in [3.63, 3.8) is 0 Å². The molecular weight excluding hydrogens is 358 g/mol. The molecule has 0 saturated carbocycles. The van der Waals surface area contributed by atoms with Crippen LogP contribution < -0.4 is 5.32 Å². The number of benzene rings is 1. The summed E-state index contributed by atoms with van der Waals surface area (Å²) in [5.74, 6) is 0.698. The number of halogens is 1. The highest BCUT2D eigenvalue weighted by atomic mass is 79.9. The Labute approximate surface area is 145 Å². The van der Waals surface area contributed by atoms with Crippen LogP contribution in [0.5, 0.6) is 0 Å². The third-order valence-corrected chi connectivity index (χ3v) is 3.92. The number of imidazole rings is 1. The molecule has 6 heteroatoms. The van der Waals surface area contributed by atoms with E-state index in [9.17, 15) is 4.79 Å². The van der Waals surface area contributed by atoms with E-state index in [0.29, 0.717) is 12.2 Å². The summed E-state index contributed by atoms with van der Waals surface area (Å²) >= 11 is 3.40. The van der Waals surface area contributed by atoms with E-state index in [2.05, 4.69) is 31.2 Å². The van der Waals surface area contributed by atoms with Crippen LogP contribution in [0.25, 0.3) is 0 Å². The molecule has 1 atom stereocenters. The van der Waals surface area contributed by atoms with Crippen molar-refractivity contribution in [2.24, 2.45) is 0 Å². The van der Waals surface area contributed by atoms with Gasteiger partial charge in [-0.3, -0.25) is 0 Å². The molecular formula is C17H22BrN3O2. The number of carbonyl (C=O) groups is 1. The first-order valence-corrected chi connectivity index (χ1v) is 8.29. The Hall–Kier alpha value is -1.82. The van der Waals surface area contributed by atoms with Crippen LogP contribution in [0.1, 0.15) is 43.9 Å². The van der Waals surface area contributed by atoms with E-state index in [-0.39, 0.29) is 6.04 Å². The molecule has 2 aromatic rings. The van der Waals surface area contributed by atoms with Crippen molar-refractivity contribution in [1.82, 2.24) is 15.3 Å². The number of amides is 1. The lowest BCUT2D eigenvalue weighted by atomic mass is 10.1. The summed E-state index contributed by atoms with van der Waals surface area (Å²) in [4.78, 5) is 19.8. The molecule has 2 rings (SSSR count). The maximum absolute atomic E-state index is 12.1. The standard InChI is InChI=1S/C17H22BrN3O2/c1-11-14(18)21-15(19-11)13(10-12-8-6-5-7-9-12)20-16(22)23-17(2,3)4/h5-9,13H,10H2,1-4H3,(H,19,21)(H,20,22). The van der Waals surface area contributed by atoms with Crippen molar-refractivity contribution in [2.45, 2.75) is 45.8 Å². The molecule has 1 heterocycles. The number of hydrogen-bond acceptors (Lipinski definition) is 3. The molecule has 1 amide bonds. The van der Waals surface area contributed by atoms with Crippen LogP contribution in [0, 0.1) is 6.92 Å². The monoisotopic (exact) mass is 379 g/mol. The van der Waals surface area contributed by atoms with Crippen LogP contribution in [0.3, 0.4) is 0 Å². The number of alkyl carbamates (subject to hydrolysis) is 1. The van der Waals surface area contributed by atoms with Gasteiger partial charge in [-0.1, -0.05) is 30.3 Å². The van der Waals surface area contributed by atoms with E-state index in [1.807, 2.05) is 58.0 Å². The highest BCUT2D eigenvalue weighted by Crippen LogP contribution is 2.21. The Morgan fingerprint density at radius 3 is 2.52 bits per heavy atom. The molecule has 0 fully saturated rings. The number of aromatic amines is 1. The van der Waals surface area contributed by atoms with Crippen LogP contribution in [0.2, 0.25) is 0 Å². The minimum absolute atomic E-state index is 0.294. The highest BCUT2D eigenvalue weighted by molar-refractivity contribution is 9.10. The fraction of sp³-hybridized carbons (Fsp3) is 0.412. The van der Waals surface area contributed by atoms with Gasteiger partial charge in [0.1, 0.15) is 16.0 Å². The molecule has 0 aliphatic heterocycles. The molecule has 1 unspecified atom stereocenters. The second-order valence-corrected chi connectivity index (χ2v) is 7.18. The number of H-pyrrole nitrogens is 1. The topological polar surface area (TPSA) is 67.0 Å². The van der Waals surface area contributed by atoms with Crippen LogP contribution in [0.4, 0.5) is 4.79 Å². The number of nitrogens with zero attached hydrogens (tertiary/aromatic N) is 1. The van der Waals surface area contributed by atoms with Gasteiger partial charge in [0.05, 0.1) is 6.04 Å². The molecule has 1 aromatic heterocycles. The van der Waals surface area contributed by atoms with E-state index < -0.39 is 11.7 Å². The number of hydrogen-bond donors (Lipinski definition) is 2. The predicted molar refractivity (Wildman–Crippen MR) is 93.3 cm³/mol. The molecule has 0 aliphatic carbocycles. The predicted octanol–water partition coefficient (Wildman–Crippen LogP) is 4.29. The lowest BCUT2D eigenvalue weighted by molar-refractivity contribution is 0.0501. The molecule has 0 spiro atoms. The number of aromatic nitrogens is 2. The highest BCUT2D eigenvalue weighted by Gasteiger charge is 2.23. The summed E-state index contributed by atoms with van der Waals surface area (Å²) in [6.45, 7) is 7.44. The Bertz CT molecular complexity index is 643. The van der Waals surface area contributed by atoms with Gasteiger partial charge in [0.2, 0.25) is 0 Å². The first kappa shape index (κ1) is 17.5. The molecule has 0 aliphatic rings. The van der Waals surface area contributed by atoms with Gasteiger partial charge in [0.25, 0.3) is 0 Å². The molecule has 1 aromatic carbocycles. The summed E-state index contributed by atoms with van der Waals surface area (Å²) in [6, 6.07) is 9.67. The van der Waals surface area contributed by atoms with E-state index in [0.717, 1.165) is 15.9 Å². The van der Waals surface area contributed by atoms with Crippen molar-refractivity contribution in [1.29, 1.82) is 0 Å². The Morgan fingerprint density at radius 2 is 2.00 bits per heavy atom. The van der Waals surface area contributed by atoms with Crippen molar-refractivity contribution in [3.8, 4) is 0 Å². The number of rotatable bonds is 4. The molecule has 0 radical (unpaired) electrons. The van der Waals surface area contributed by atoms with Crippen molar-refractivity contribution in [3.05, 3.63) is 52.0 Å². The van der Waals surface area contributed by atoms with Crippen LogP contribution in [0.15, 0.2) is 34.9 Å². The normalized spacial score (nSPS) is 12.7. The van der Waals surface area contributed by atoms with E-state index in [4.69, 9.17) is 4.74 Å². The minimum atomic E-state index is -0.541. The van der Waals surface area contributed by atoms with E-state index >= 15 is 0 Å². The molecule has 2 N–H and O–H groups in total. The van der Waals surface area contributed by atoms with Gasteiger partial charge in [-0.05, 0) is 49.2 Å². The summed E-state index contributed by atoms with van der Waals surface area (Å²) < 4.78 is 6.11. The maximum atomic E-state index is 12.1. The van der Waals surface area contributed by atoms with Gasteiger partial charge in [-0.15, -0.1) is 0 Å². The summed E-state index contributed by atoms with van der Waals surface area (Å²) in [6.07, 6.45) is 0.169. The average molecular weight is 380 g/mol. The SMILES string of the molecule is Cc1[nH]c(C(Cc2ccccc2)NC(=O)OC(C)(C)C)nc1Br. The van der Waals surface area contributed by atoms with Crippen LogP contribution in [-0.4, -0.2) is 21.7 Å². The molecule has 5 nitrogen and oxygen atoms in total. The minimum Gasteiger partial charge on any atom is -0.444 e. The Morgan fingerprint density at radius 1 is 1.35 bits per heavy atom. The van der Waals surface area contributed by atoms with Gasteiger partial charge >= 0.3 is 6.09 Å². The van der Waals surface area contributed by atoms with Crippen LogP contribution in [-0.2, 0) is 11.2 Å². The van der Waals surface area contributed by atoms with Crippen molar-refractivity contribution in [2.75, 3.05) is 0 Å². The Balaban J connectivity index is 2.19. The Kier molecular flexibility index (Phi) is 5.46. The first-order chi connectivity index (χ1) is 10.7. The lowest BCUT2D eigenvalue weighted by Gasteiger charge is -2.23. The van der Waals surface area contributed by atoms with Crippen molar-refractivity contribution < 1.29 is 9.53 Å². The fourth-order valence-electron chi connectivity index (χ4n) is 2.14. The zero-order chi connectivity index (χ0) is 17.0. The van der Waals surface area contributed by atoms with Gasteiger partial charge in [0, 0.05) is 12.1 Å². The van der Waals surface area contributed by atoms with Crippen molar-refractivity contribution >= 4 is 22.0 Å². The number of carbonyl (C=O) groups excluding carboxylic acids is 1. The zero-order valence-electron chi connectivity index (χ0n) is 13.8. The average Bonchev–Trinajstić information content (AvgIpc) is 2.77.